The second-order valence-electron chi connectivity index (χ2n) is 4.18. The Labute approximate surface area is 92.1 Å². The summed E-state index contributed by atoms with van der Waals surface area (Å²) >= 11 is 0. The summed E-state index contributed by atoms with van der Waals surface area (Å²) in [5, 5.41) is 0. The highest BCUT2D eigenvalue weighted by molar-refractivity contribution is 5.72. The van der Waals surface area contributed by atoms with Crippen LogP contribution in [0.4, 0.5) is 13.2 Å². The van der Waals surface area contributed by atoms with Gasteiger partial charge in [0.2, 0.25) is 0 Å². The Kier molecular flexibility index (Phi) is 3.83. The first-order valence-corrected chi connectivity index (χ1v) is 5.32. The number of hydrogen-bond acceptors (Lipinski definition) is 3. The van der Waals surface area contributed by atoms with E-state index >= 15 is 0 Å². The van der Waals surface area contributed by atoms with Crippen LogP contribution in [0.3, 0.4) is 0 Å². The van der Waals surface area contributed by atoms with Gasteiger partial charge in [-0.1, -0.05) is 0 Å². The minimum Gasteiger partial charge on any atom is -0.466 e. The third kappa shape index (κ3) is 2.66. The predicted octanol–water partition coefficient (Wildman–Crippen LogP) is 2.00. The second-order valence-corrected chi connectivity index (χ2v) is 4.18. The van der Waals surface area contributed by atoms with Gasteiger partial charge in [-0.15, -0.1) is 0 Å². The highest BCUT2D eigenvalue weighted by Gasteiger charge is 2.53. The number of alkyl halides is 3. The summed E-state index contributed by atoms with van der Waals surface area (Å²) in [4.78, 5) is 11.3. The van der Waals surface area contributed by atoms with Crippen LogP contribution in [0.15, 0.2) is 0 Å². The zero-order chi connectivity index (χ0) is 12.4. The Morgan fingerprint density at radius 1 is 1.44 bits per heavy atom. The molecule has 1 aliphatic carbocycles. The van der Waals surface area contributed by atoms with Gasteiger partial charge in [-0.3, -0.25) is 4.79 Å². The van der Waals surface area contributed by atoms with E-state index < -0.39 is 23.6 Å². The topological polar surface area (TPSA) is 52.3 Å². The first-order valence-electron chi connectivity index (χ1n) is 5.32. The lowest BCUT2D eigenvalue weighted by molar-refractivity contribution is -0.198. The molecule has 1 fully saturated rings. The average molecular weight is 239 g/mol. The van der Waals surface area contributed by atoms with E-state index in [1.165, 1.54) is 0 Å². The molecule has 0 spiro atoms. The summed E-state index contributed by atoms with van der Waals surface area (Å²) in [5.41, 5.74) is 3.17. The molecule has 1 aliphatic rings. The van der Waals surface area contributed by atoms with Gasteiger partial charge in [0.1, 0.15) is 5.54 Å². The van der Waals surface area contributed by atoms with Gasteiger partial charge in [0, 0.05) is 0 Å². The van der Waals surface area contributed by atoms with Crippen molar-refractivity contribution in [2.45, 2.75) is 44.3 Å². The van der Waals surface area contributed by atoms with Crippen molar-refractivity contribution < 1.29 is 22.7 Å². The van der Waals surface area contributed by atoms with Crippen LogP contribution < -0.4 is 5.73 Å². The smallest absolute Gasteiger partial charge is 0.406 e. The molecule has 94 valence electrons. The molecule has 0 aromatic rings. The van der Waals surface area contributed by atoms with E-state index in [4.69, 9.17) is 10.5 Å². The van der Waals surface area contributed by atoms with Crippen LogP contribution in [0.5, 0.6) is 0 Å². The van der Waals surface area contributed by atoms with E-state index in [0.29, 0.717) is 0 Å². The molecule has 0 heterocycles. The van der Waals surface area contributed by atoms with Crippen molar-refractivity contribution in [2.24, 2.45) is 11.7 Å². The SMILES string of the molecule is CCOC(=O)C1CCC(N)(C(F)(F)F)CC1. The van der Waals surface area contributed by atoms with Crippen molar-refractivity contribution >= 4 is 5.97 Å². The molecule has 0 radical (unpaired) electrons. The van der Waals surface area contributed by atoms with E-state index in [-0.39, 0.29) is 32.3 Å². The lowest BCUT2D eigenvalue weighted by atomic mass is 9.76. The van der Waals surface area contributed by atoms with Gasteiger partial charge in [0.15, 0.2) is 0 Å². The molecule has 0 unspecified atom stereocenters. The average Bonchev–Trinajstić information content (AvgIpc) is 2.17. The van der Waals surface area contributed by atoms with Crippen molar-refractivity contribution in [3.05, 3.63) is 0 Å². The lowest BCUT2D eigenvalue weighted by Crippen LogP contribution is -2.55. The van der Waals surface area contributed by atoms with Crippen LogP contribution in [0.25, 0.3) is 0 Å². The lowest BCUT2D eigenvalue weighted by Gasteiger charge is -2.37. The number of nitrogens with two attached hydrogens (primary N) is 1. The summed E-state index contributed by atoms with van der Waals surface area (Å²) in [6.07, 6.45) is -4.52. The van der Waals surface area contributed by atoms with Crippen molar-refractivity contribution in [1.82, 2.24) is 0 Å². The van der Waals surface area contributed by atoms with Gasteiger partial charge >= 0.3 is 12.1 Å². The third-order valence-electron chi connectivity index (χ3n) is 3.06. The third-order valence-corrected chi connectivity index (χ3v) is 3.06. The van der Waals surface area contributed by atoms with Gasteiger partial charge in [-0.25, -0.2) is 0 Å². The summed E-state index contributed by atoms with van der Waals surface area (Å²) in [6.45, 7) is 1.92. The van der Waals surface area contributed by atoms with Crippen molar-refractivity contribution in [3.8, 4) is 0 Å². The number of ether oxygens (including phenoxy) is 1. The van der Waals surface area contributed by atoms with Crippen LogP contribution in [-0.2, 0) is 9.53 Å². The maximum atomic E-state index is 12.6. The molecule has 0 saturated heterocycles. The molecule has 1 rings (SSSR count). The van der Waals surface area contributed by atoms with Crippen LogP contribution in [-0.4, -0.2) is 24.3 Å². The summed E-state index contributed by atoms with van der Waals surface area (Å²) in [7, 11) is 0. The Bertz CT molecular complexity index is 257. The minimum atomic E-state index is -4.40. The molecule has 0 aromatic carbocycles. The number of hydrogen-bond donors (Lipinski definition) is 1. The Morgan fingerprint density at radius 2 is 1.94 bits per heavy atom. The normalized spacial score (nSPS) is 31.2. The fraction of sp³-hybridized carbons (Fsp3) is 0.900. The monoisotopic (exact) mass is 239 g/mol. The number of esters is 1. The molecular formula is C10H16F3NO2. The largest absolute Gasteiger partial charge is 0.466 e. The maximum Gasteiger partial charge on any atom is 0.406 e. The quantitative estimate of drug-likeness (QED) is 0.750. The second kappa shape index (κ2) is 4.61. The zero-order valence-electron chi connectivity index (χ0n) is 9.14. The summed E-state index contributed by atoms with van der Waals surface area (Å²) in [6, 6.07) is 0. The molecule has 0 aromatic heterocycles. The minimum absolute atomic E-state index is 0.148. The predicted molar refractivity (Wildman–Crippen MR) is 51.6 cm³/mol. The van der Waals surface area contributed by atoms with Crippen LogP contribution in [0, 0.1) is 5.92 Å². The standard InChI is InChI=1S/C10H16F3NO2/c1-2-16-8(15)7-3-5-9(14,6-4-7)10(11,12)13/h7H,2-6,14H2,1H3. The number of carbonyl (C=O) groups excluding carboxylic acids is 1. The van der Waals surface area contributed by atoms with Crippen molar-refractivity contribution in [2.75, 3.05) is 6.61 Å². The van der Waals surface area contributed by atoms with Gasteiger partial charge in [0.25, 0.3) is 0 Å². The van der Waals surface area contributed by atoms with E-state index in [1.807, 2.05) is 0 Å². The van der Waals surface area contributed by atoms with Gasteiger partial charge in [-0.2, -0.15) is 13.2 Å². The molecule has 0 amide bonds. The first kappa shape index (κ1) is 13.3. The molecule has 3 nitrogen and oxygen atoms in total. The van der Waals surface area contributed by atoms with Crippen LogP contribution in [0.2, 0.25) is 0 Å². The number of rotatable bonds is 2. The van der Waals surface area contributed by atoms with Gasteiger partial charge in [-0.05, 0) is 32.6 Å². The fourth-order valence-corrected chi connectivity index (χ4v) is 1.91. The molecule has 0 bridgehead atoms. The van der Waals surface area contributed by atoms with E-state index in [0.717, 1.165) is 0 Å². The molecule has 2 N–H and O–H groups in total. The van der Waals surface area contributed by atoms with Gasteiger partial charge < -0.3 is 10.5 Å². The fourth-order valence-electron chi connectivity index (χ4n) is 1.91. The van der Waals surface area contributed by atoms with E-state index in [1.54, 1.807) is 6.92 Å². The molecule has 0 atom stereocenters. The Balaban J connectivity index is 2.54. The summed E-state index contributed by atoms with van der Waals surface area (Å²) in [5.74, 6) is -0.842. The van der Waals surface area contributed by atoms with Gasteiger partial charge in [0.05, 0.1) is 12.5 Å². The first-order chi connectivity index (χ1) is 7.30. The van der Waals surface area contributed by atoms with Crippen LogP contribution in [0.1, 0.15) is 32.6 Å². The van der Waals surface area contributed by atoms with E-state index in [9.17, 15) is 18.0 Å². The number of carbonyl (C=O) groups is 1. The number of halogens is 3. The highest BCUT2D eigenvalue weighted by Crippen LogP contribution is 2.41. The van der Waals surface area contributed by atoms with Crippen molar-refractivity contribution in [3.63, 3.8) is 0 Å². The highest BCUT2D eigenvalue weighted by atomic mass is 19.4. The Morgan fingerprint density at radius 3 is 2.31 bits per heavy atom. The molecular weight excluding hydrogens is 223 g/mol. The van der Waals surface area contributed by atoms with E-state index in [2.05, 4.69) is 0 Å². The summed E-state index contributed by atoms with van der Waals surface area (Å²) < 4.78 is 42.5. The maximum absolute atomic E-state index is 12.6. The molecule has 6 heteroatoms. The Hall–Kier alpha value is -0.780. The molecule has 16 heavy (non-hydrogen) atoms. The molecule has 0 aliphatic heterocycles. The van der Waals surface area contributed by atoms with Crippen LogP contribution >= 0.6 is 0 Å². The zero-order valence-corrected chi connectivity index (χ0v) is 9.14. The molecule has 1 saturated carbocycles. The van der Waals surface area contributed by atoms with Crippen molar-refractivity contribution in [1.29, 1.82) is 0 Å².